The van der Waals surface area contributed by atoms with Crippen molar-refractivity contribution < 1.29 is 9.50 Å². The molecule has 0 atom stereocenters. The van der Waals surface area contributed by atoms with E-state index in [4.69, 9.17) is 0 Å². The van der Waals surface area contributed by atoms with Crippen LogP contribution < -0.4 is 10.6 Å². The largest absolute Gasteiger partial charge is 0.505 e. The maximum atomic E-state index is 13.4. The summed E-state index contributed by atoms with van der Waals surface area (Å²) in [6.45, 7) is 11.1. The number of halogens is 1. The summed E-state index contributed by atoms with van der Waals surface area (Å²) in [4.78, 5) is 7.07. The lowest BCUT2D eigenvalue weighted by Crippen LogP contribution is -2.49. The third-order valence-electron chi connectivity index (χ3n) is 4.33. The second-order valence-corrected chi connectivity index (χ2v) is 7.09. The van der Waals surface area contributed by atoms with Crippen LogP contribution in [-0.2, 0) is 6.54 Å². The molecule has 1 fully saturated rings. The highest BCUT2D eigenvalue weighted by Crippen LogP contribution is 2.17. The zero-order chi connectivity index (χ0) is 18.2. The van der Waals surface area contributed by atoms with Crippen LogP contribution >= 0.6 is 0 Å². The van der Waals surface area contributed by atoms with Crippen molar-refractivity contribution in [2.24, 2.45) is 10.9 Å². The van der Waals surface area contributed by atoms with E-state index in [9.17, 15) is 9.50 Å². The molecule has 0 spiro atoms. The van der Waals surface area contributed by atoms with Gasteiger partial charge in [0.1, 0.15) is 0 Å². The van der Waals surface area contributed by atoms with E-state index >= 15 is 0 Å². The van der Waals surface area contributed by atoms with E-state index in [1.807, 2.05) is 6.92 Å². The molecule has 0 aromatic heterocycles. The van der Waals surface area contributed by atoms with Gasteiger partial charge in [-0.3, -0.25) is 0 Å². The summed E-state index contributed by atoms with van der Waals surface area (Å²) in [5.74, 6) is 0.529. The number of likely N-dealkylation sites (tertiary alicyclic amines) is 1. The molecule has 1 saturated heterocycles. The van der Waals surface area contributed by atoms with Gasteiger partial charge >= 0.3 is 0 Å². The zero-order valence-corrected chi connectivity index (χ0v) is 15.6. The fourth-order valence-electron chi connectivity index (χ4n) is 3.11. The number of aliphatic imine (C=N–C) groups is 1. The van der Waals surface area contributed by atoms with E-state index < -0.39 is 5.82 Å². The first-order valence-electron chi connectivity index (χ1n) is 9.22. The third-order valence-corrected chi connectivity index (χ3v) is 4.33. The molecule has 1 heterocycles. The molecule has 1 aliphatic heterocycles. The van der Waals surface area contributed by atoms with Crippen molar-refractivity contribution in [3.8, 4) is 5.75 Å². The monoisotopic (exact) mass is 350 g/mol. The highest BCUT2D eigenvalue weighted by atomic mass is 19.1. The first-order valence-corrected chi connectivity index (χ1v) is 9.22. The molecule has 1 aliphatic rings. The van der Waals surface area contributed by atoms with E-state index in [1.165, 1.54) is 12.1 Å². The molecule has 6 heteroatoms. The van der Waals surface area contributed by atoms with Crippen molar-refractivity contribution in [3.63, 3.8) is 0 Å². The van der Waals surface area contributed by atoms with E-state index in [2.05, 4.69) is 34.4 Å². The summed E-state index contributed by atoms with van der Waals surface area (Å²) in [5.41, 5.74) is 0.735. The number of phenolic OH excluding ortho intramolecular Hbond substituents is 1. The van der Waals surface area contributed by atoms with Gasteiger partial charge in [-0.1, -0.05) is 19.9 Å². The number of rotatable bonds is 6. The molecule has 2 rings (SSSR count). The Morgan fingerprint density at radius 3 is 2.68 bits per heavy atom. The number of nitrogens with one attached hydrogen (secondary N) is 2. The number of hydrogen-bond acceptors (Lipinski definition) is 3. The van der Waals surface area contributed by atoms with Crippen LogP contribution in [0.2, 0.25) is 0 Å². The number of phenols is 1. The van der Waals surface area contributed by atoms with Crippen LogP contribution in [0.5, 0.6) is 5.75 Å². The SMILES string of the molecule is CCNC(=NCc1ccc(O)c(F)c1)NC1CCN(CC(C)C)CC1. The molecule has 3 N–H and O–H groups in total. The van der Waals surface area contributed by atoms with Gasteiger partial charge in [-0.15, -0.1) is 0 Å². The van der Waals surface area contributed by atoms with Gasteiger partial charge in [0.15, 0.2) is 17.5 Å². The Kier molecular flexibility index (Phi) is 7.50. The van der Waals surface area contributed by atoms with Gasteiger partial charge in [0.25, 0.3) is 0 Å². The Labute approximate surface area is 150 Å². The zero-order valence-electron chi connectivity index (χ0n) is 15.6. The average Bonchev–Trinajstić information content (AvgIpc) is 2.57. The van der Waals surface area contributed by atoms with Crippen LogP contribution in [0.15, 0.2) is 23.2 Å². The van der Waals surface area contributed by atoms with Crippen molar-refractivity contribution in [2.45, 2.75) is 46.2 Å². The van der Waals surface area contributed by atoms with Gasteiger partial charge < -0.3 is 20.6 Å². The molecule has 0 aliphatic carbocycles. The van der Waals surface area contributed by atoms with Crippen LogP contribution in [-0.4, -0.2) is 48.2 Å². The van der Waals surface area contributed by atoms with Crippen molar-refractivity contribution in [3.05, 3.63) is 29.6 Å². The predicted molar refractivity (Wildman–Crippen MR) is 100 cm³/mol. The number of nitrogens with zero attached hydrogens (tertiary/aromatic N) is 2. The molecular weight excluding hydrogens is 319 g/mol. The molecule has 1 aromatic carbocycles. The fraction of sp³-hybridized carbons (Fsp3) is 0.632. The van der Waals surface area contributed by atoms with Crippen LogP contribution in [0.25, 0.3) is 0 Å². The summed E-state index contributed by atoms with van der Waals surface area (Å²) in [5, 5.41) is 16.0. The third kappa shape index (κ3) is 6.53. The van der Waals surface area contributed by atoms with E-state index in [0.717, 1.165) is 50.5 Å². The first kappa shape index (κ1) is 19.5. The summed E-state index contributed by atoms with van der Waals surface area (Å²) in [6, 6.07) is 4.80. The molecule has 0 unspecified atom stereocenters. The smallest absolute Gasteiger partial charge is 0.191 e. The van der Waals surface area contributed by atoms with Gasteiger partial charge in [-0.2, -0.15) is 0 Å². The number of aromatic hydroxyl groups is 1. The number of piperidine rings is 1. The molecule has 140 valence electrons. The molecule has 0 radical (unpaired) electrons. The standard InChI is InChI=1S/C19H31FN4O/c1-4-21-19(22-12-15-5-6-18(25)17(20)11-15)23-16-7-9-24(10-8-16)13-14(2)3/h5-6,11,14,16,25H,4,7-10,12-13H2,1-3H3,(H2,21,22,23). The van der Waals surface area contributed by atoms with Gasteiger partial charge in [-0.25, -0.2) is 9.38 Å². The highest BCUT2D eigenvalue weighted by molar-refractivity contribution is 5.80. The maximum absolute atomic E-state index is 13.4. The van der Waals surface area contributed by atoms with Crippen LogP contribution in [0.4, 0.5) is 4.39 Å². The Balaban J connectivity index is 1.88. The summed E-state index contributed by atoms with van der Waals surface area (Å²) < 4.78 is 13.4. The fourth-order valence-corrected chi connectivity index (χ4v) is 3.11. The Morgan fingerprint density at radius 2 is 2.08 bits per heavy atom. The van der Waals surface area contributed by atoms with Crippen LogP contribution in [0.3, 0.4) is 0 Å². The Hall–Kier alpha value is -1.82. The van der Waals surface area contributed by atoms with E-state index in [1.54, 1.807) is 6.07 Å². The number of benzene rings is 1. The molecule has 25 heavy (non-hydrogen) atoms. The van der Waals surface area contributed by atoms with Gasteiger partial charge in [0.05, 0.1) is 6.54 Å². The quantitative estimate of drug-likeness (QED) is 0.545. The van der Waals surface area contributed by atoms with E-state index in [-0.39, 0.29) is 5.75 Å². The van der Waals surface area contributed by atoms with Crippen molar-refractivity contribution in [1.82, 2.24) is 15.5 Å². The summed E-state index contributed by atoms with van der Waals surface area (Å²) in [6.07, 6.45) is 2.20. The second kappa shape index (κ2) is 9.61. The maximum Gasteiger partial charge on any atom is 0.191 e. The topological polar surface area (TPSA) is 59.9 Å². The lowest BCUT2D eigenvalue weighted by molar-refractivity contribution is 0.187. The predicted octanol–water partition coefficient (Wildman–Crippen LogP) is 2.71. The molecule has 0 amide bonds. The molecule has 5 nitrogen and oxygen atoms in total. The summed E-state index contributed by atoms with van der Waals surface area (Å²) in [7, 11) is 0. The average molecular weight is 350 g/mol. The van der Waals surface area contributed by atoms with E-state index in [0.29, 0.717) is 18.5 Å². The minimum atomic E-state index is -0.608. The molecular formula is C19H31FN4O. The first-order chi connectivity index (χ1) is 12.0. The Morgan fingerprint density at radius 1 is 1.36 bits per heavy atom. The van der Waals surface area contributed by atoms with Gasteiger partial charge in [-0.05, 0) is 43.4 Å². The van der Waals surface area contributed by atoms with Crippen molar-refractivity contribution in [1.29, 1.82) is 0 Å². The molecule has 0 bridgehead atoms. The lowest BCUT2D eigenvalue weighted by atomic mass is 10.0. The van der Waals surface area contributed by atoms with Crippen LogP contribution in [0.1, 0.15) is 39.2 Å². The minimum absolute atomic E-state index is 0.328. The highest BCUT2D eigenvalue weighted by Gasteiger charge is 2.20. The molecule has 1 aromatic rings. The van der Waals surface area contributed by atoms with Crippen molar-refractivity contribution in [2.75, 3.05) is 26.2 Å². The van der Waals surface area contributed by atoms with Crippen molar-refractivity contribution >= 4 is 5.96 Å². The van der Waals surface area contributed by atoms with Gasteiger partial charge in [0.2, 0.25) is 0 Å². The number of hydrogen-bond donors (Lipinski definition) is 3. The lowest BCUT2D eigenvalue weighted by Gasteiger charge is -2.34. The molecule has 0 saturated carbocycles. The minimum Gasteiger partial charge on any atom is -0.505 e. The second-order valence-electron chi connectivity index (χ2n) is 7.09. The van der Waals surface area contributed by atoms with Gasteiger partial charge in [0, 0.05) is 32.2 Å². The number of guanidine groups is 1. The van der Waals surface area contributed by atoms with Crippen LogP contribution in [0, 0.1) is 11.7 Å². The Bertz CT molecular complexity index is 569. The normalized spacial score (nSPS) is 17.1. The summed E-state index contributed by atoms with van der Waals surface area (Å²) >= 11 is 0.